The summed E-state index contributed by atoms with van der Waals surface area (Å²) in [6.45, 7) is 4.46. The number of ketones is 1. The van der Waals surface area contributed by atoms with Gasteiger partial charge >= 0.3 is 0 Å². The van der Waals surface area contributed by atoms with Crippen molar-refractivity contribution in [3.8, 4) is 5.75 Å². The smallest absolute Gasteiger partial charge is 0.295 e. The maximum absolute atomic E-state index is 13.0. The predicted molar refractivity (Wildman–Crippen MR) is 114 cm³/mol. The minimum Gasteiger partial charge on any atom is -0.507 e. The molecule has 30 heavy (non-hydrogen) atoms. The summed E-state index contributed by atoms with van der Waals surface area (Å²) in [5, 5.41) is 11.2. The van der Waals surface area contributed by atoms with E-state index in [1.54, 1.807) is 19.2 Å². The fourth-order valence-corrected chi connectivity index (χ4v) is 3.73. The van der Waals surface area contributed by atoms with Gasteiger partial charge in [0, 0.05) is 13.7 Å². The summed E-state index contributed by atoms with van der Waals surface area (Å²) in [5.74, 6) is -1.17. The van der Waals surface area contributed by atoms with Gasteiger partial charge in [-0.2, -0.15) is 0 Å². The van der Waals surface area contributed by atoms with Gasteiger partial charge < -0.3 is 19.5 Å². The third kappa shape index (κ3) is 3.96. The number of methoxy groups -OCH3 is 2. The summed E-state index contributed by atoms with van der Waals surface area (Å²) in [5.41, 5.74) is 3.25. The number of carbonyl (C=O) groups excluding carboxylic acids is 2. The van der Waals surface area contributed by atoms with E-state index in [1.165, 1.54) is 12.0 Å². The molecule has 0 aromatic heterocycles. The molecule has 3 rings (SSSR count). The Morgan fingerprint density at radius 2 is 1.80 bits per heavy atom. The topological polar surface area (TPSA) is 76.1 Å². The number of amides is 1. The Kier molecular flexibility index (Phi) is 6.57. The second-order valence-corrected chi connectivity index (χ2v) is 7.28. The lowest BCUT2D eigenvalue weighted by Gasteiger charge is -2.25. The van der Waals surface area contributed by atoms with E-state index in [2.05, 4.69) is 6.92 Å². The van der Waals surface area contributed by atoms with Crippen LogP contribution in [0.15, 0.2) is 48.0 Å². The Morgan fingerprint density at radius 3 is 2.40 bits per heavy atom. The third-order valence-electron chi connectivity index (χ3n) is 5.39. The highest BCUT2D eigenvalue weighted by Crippen LogP contribution is 2.41. The molecular formula is C24H27NO5. The molecule has 6 nitrogen and oxygen atoms in total. The summed E-state index contributed by atoms with van der Waals surface area (Å²) in [7, 11) is 3.04. The van der Waals surface area contributed by atoms with E-state index in [0.717, 1.165) is 23.1 Å². The van der Waals surface area contributed by atoms with Crippen molar-refractivity contribution in [2.24, 2.45) is 0 Å². The van der Waals surface area contributed by atoms with Crippen molar-refractivity contribution < 1.29 is 24.2 Å². The van der Waals surface area contributed by atoms with Crippen molar-refractivity contribution in [1.82, 2.24) is 4.90 Å². The molecule has 1 N–H and O–H groups in total. The maximum Gasteiger partial charge on any atom is 0.295 e. The Labute approximate surface area is 176 Å². The van der Waals surface area contributed by atoms with Crippen molar-refractivity contribution in [3.05, 3.63) is 70.3 Å². The first-order valence-electron chi connectivity index (χ1n) is 9.94. The van der Waals surface area contributed by atoms with Crippen LogP contribution in [0, 0.1) is 6.92 Å². The molecule has 1 aliphatic heterocycles. The highest BCUT2D eigenvalue weighted by Gasteiger charge is 2.46. The highest BCUT2D eigenvalue weighted by molar-refractivity contribution is 6.46. The fraction of sp³-hybridized carbons (Fsp3) is 0.333. The number of nitrogens with zero attached hydrogens (tertiary/aromatic N) is 1. The molecule has 1 saturated heterocycles. The minimum atomic E-state index is -0.711. The van der Waals surface area contributed by atoms with E-state index in [4.69, 9.17) is 9.47 Å². The molecule has 1 atom stereocenters. The zero-order valence-electron chi connectivity index (χ0n) is 17.8. The van der Waals surface area contributed by atoms with Crippen molar-refractivity contribution >= 4 is 17.4 Å². The van der Waals surface area contributed by atoms with Crippen molar-refractivity contribution in [1.29, 1.82) is 0 Å². The summed E-state index contributed by atoms with van der Waals surface area (Å²) < 4.78 is 10.5. The van der Waals surface area contributed by atoms with Crippen LogP contribution in [0.4, 0.5) is 0 Å². The van der Waals surface area contributed by atoms with Crippen LogP contribution in [0.2, 0.25) is 0 Å². The largest absolute Gasteiger partial charge is 0.507 e. The number of hydrogen-bond donors (Lipinski definition) is 1. The molecule has 1 amide bonds. The Morgan fingerprint density at radius 1 is 1.10 bits per heavy atom. The van der Waals surface area contributed by atoms with Gasteiger partial charge in [-0.1, -0.05) is 42.8 Å². The second-order valence-electron chi connectivity index (χ2n) is 7.28. The molecule has 1 aliphatic rings. The predicted octanol–water partition coefficient (Wildman–Crippen LogP) is 3.63. The van der Waals surface area contributed by atoms with E-state index in [0.29, 0.717) is 11.3 Å². The molecular weight excluding hydrogens is 382 g/mol. The maximum atomic E-state index is 13.0. The summed E-state index contributed by atoms with van der Waals surface area (Å²) in [4.78, 5) is 27.3. The molecule has 6 heteroatoms. The van der Waals surface area contributed by atoms with E-state index in [9.17, 15) is 14.7 Å². The third-order valence-corrected chi connectivity index (χ3v) is 5.39. The Bertz CT molecular complexity index is 978. The molecule has 158 valence electrons. The van der Waals surface area contributed by atoms with Crippen molar-refractivity contribution in [2.75, 3.05) is 27.4 Å². The van der Waals surface area contributed by atoms with E-state index in [1.807, 2.05) is 37.3 Å². The first-order chi connectivity index (χ1) is 14.4. The van der Waals surface area contributed by atoms with E-state index in [-0.39, 0.29) is 24.5 Å². The number of benzene rings is 2. The van der Waals surface area contributed by atoms with E-state index >= 15 is 0 Å². The van der Waals surface area contributed by atoms with Gasteiger partial charge in [-0.05, 0) is 36.6 Å². The summed E-state index contributed by atoms with van der Waals surface area (Å²) >= 11 is 0. The van der Waals surface area contributed by atoms with Gasteiger partial charge in [0.1, 0.15) is 11.5 Å². The number of rotatable bonds is 7. The van der Waals surface area contributed by atoms with Gasteiger partial charge in [0.15, 0.2) is 0 Å². The average molecular weight is 409 g/mol. The van der Waals surface area contributed by atoms with Gasteiger partial charge in [-0.25, -0.2) is 0 Å². The zero-order chi connectivity index (χ0) is 21.8. The van der Waals surface area contributed by atoms with Crippen LogP contribution in [-0.4, -0.2) is 49.1 Å². The molecule has 2 aromatic rings. The SMILES string of the molecule is CCc1ccc(C2/C(=C(\O)c3cc(C)ccc3OC)C(=O)C(=O)N2CCOC)cc1. The minimum absolute atomic E-state index is 0.0595. The van der Waals surface area contributed by atoms with Crippen LogP contribution in [0.1, 0.15) is 35.2 Å². The van der Waals surface area contributed by atoms with Crippen LogP contribution in [0.5, 0.6) is 5.75 Å². The monoisotopic (exact) mass is 409 g/mol. The molecule has 0 spiro atoms. The van der Waals surface area contributed by atoms with Crippen molar-refractivity contribution in [2.45, 2.75) is 26.3 Å². The number of aryl methyl sites for hydroxylation is 2. The molecule has 1 fully saturated rings. The van der Waals surface area contributed by atoms with Crippen LogP contribution >= 0.6 is 0 Å². The molecule has 1 unspecified atom stereocenters. The number of ether oxygens (including phenoxy) is 2. The van der Waals surface area contributed by atoms with Gasteiger partial charge in [0.25, 0.3) is 11.7 Å². The average Bonchev–Trinajstić information content (AvgIpc) is 3.01. The number of aliphatic hydroxyl groups is 1. The first-order valence-corrected chi connectivity index (χ1v) is 9.94. The van der Waals surface area contributed by atoms with Gasteiger partial charge in [-0.15, -0.1) is 0 Å². The lowest BCUT2D eigenvalue weighted by Crippen LogP contribution is -2.32. The second kappa shape index (κ2) is 9.13. The number of carbonyl (C=O) groups is 2. The molecule has 0 saturated carbocycles. The lowest BCUT2D eigenvalue weighted by atomic mass is 9.93. The highest BCUT2D eigenvalue weighted by atomic mass is 16.5. The molecule has 1 heterocycles. The van der Waals surface area contributed by atoms with Gasteiger partial charge in [0.2, 0.25) is 0 Å². The van der Waals surface area contributed by atoms with Crippen LogP contribution in [-0.2, 0) is 20.7 Å². The molecule has 0 bridgehead atoms. The van der Waals surface area contributed by atoms with Crippen LogP contribution in [0.3, 0.4) is 0 Å². The molecule has 0 aliphatic carbocycles. The zero-order valence-corrected chi connectivity index (χ0v) is 17.8. The standard InChI is InChI=1S/C24H27NO5/c1-5-16-7-9-17(10-8-16)21-20(23(27)24(28)25(21)12-13-29-3)22(26)18-14-15(2)6-11-19(18)30-4/h6-11,14,21,26H,5,12-13H2,1-4H3/b22-20+. The Balaban J connectivity index is 2.20. The molecule has 0 radical (unpaired) electrons. The normalized spacial score (nSPS) is 18.1. The first kappa shape index (κ1) is 21.6. The van der Waals surface area contributed by atoms with Crippen molar-refractivity contribution in [3.63, 3.8) is 0 Å². The van der Waals surface area contributed by atoms with Gasteiger partial charge in [-0.3, -0.25) is 9.59 Å². The van der Waals surface area contributed by atoms with Crippen LogP contribution in [0.25, 0.3) is 5.76 Å². The lowest BCUT2D eigenvalue weighted by molar-refractivity contribution is -0.140. The fourth-order valence-electron chi connectivity index (χ4n) is 3.73. The Hall–Kier alpha value is -3.12. The van der Waals surface area contributed by atoms with Crippen LogP contribution < -0.4 is 4.74 Å². The summed E-state index contributed by atoms with van der Waals surface area (Å²) in [6.07, 6.45) is 0.880. The van der Waals surface area contributed by atoms with E-state index < -0.39 is 17.7 Å². The quantitative estimate of drug-likeness (QED) is 0.429. The number of aliphatic hydroxyl groups excluding tert-OH is 1. The molecule has 2 aromatic carbocycles. The van der Waals surface area contributed by atoms with Gasteiger partial charge in [0.05, 0.1) is 30.9 Å². The number of likely N-dealkylation sites (tertiary alicyclic amines) is 1. The number of Topliss-reactive ketones (excluding diaryl/α,β-unsaturated/α-hetero) is 1. The number of hydrogen-bond acceptors (Lipinski definition) is 5. The summed E-state index contributed by atoms with van der Waals surface area (Å²) in [6, 6.07) is 12.4.